The highest BCUT2D eigenvalue weighted by molar-refractivity contribution is 6.09. The number of nitrogens with zero attached hydrogens (tertiary/aromatic N) is 4. The van der Waals surface area contributed by atoms with E-state index < -0.39 is 0 Å². The summed E-state index contributed by atoms with van der Waals surface area (Å²) in [6.45, 7) is 1.81. The van der Waals surface area contributed by atoms with Crippen molar-refractivity contribution in [2.24, 2.45) is 0 Å². The third kappa shape index (κ3) is 4.85. The first-order chi connectivity index (χ1) is 24.1. The topological polar surface area (TPSA) is 57.4 Å². The van der Waals surface area contributed by atoms with Gasteiger partial charge in [0.25, 0.3) is 0 Å². The minimum absolute atomic E-state index is 0.0352. The molecule has 0 amide bonds. The average Bonchev–Trinajstić information content (AvgIpc) is 3.66. The van der Waals surface area contributed by atoms with Crippen LogP contribution in [0.15, 0.2) is 145 Å². The molecular formula is C45H30N4. The van der Waals surface area contributed by atoms with E-state index in [1.807, 2.05) is 36.4 Å². The van der Waals surface area contributed by atoms with Crippen molar-refractivity contribution in [2.45, 2.75) is 18.9 Å². The fraction of sp³-hybridized carbons (Fsp3) is 0.0667. The highest BCUT2D eigenvalue weighted by Gasteiger charge is 2.28. The van der Waals surface area contributed by atoms with Crippen molar-refractivity contribution < 1.29 is 0 Å². The number of nitriles is 2. The predicted molar refractivity (Wildman–Crippen MR) is 200 cm³/mol. The monoisotopic (exact) mass is 626 g/mol. The predicted octanol–water partition coefficient (Wildman–Crippen LogP) is 10.6. The molecule has 2 heterocycles. The fourth-order valence-corrected chi connectivity index (χ4v) is 7.41. The maximum Gasteiger partial charge on any atom is 0.0998 e. The lowest BCUT2D eigenvalue weighted by Crippen LogP contribution is -2.18. The molecule has 4 heteroatoms. The lowest BCUT2D eigenvalue weighted by molar-refractivity contribution is 0.558. The van der Waals surface area contributed by atoms with Gasteiger partial charge >= 0.3 is 0 Å². The summed E-state index contributed by atoms with van der Waals surface area (Å²) < 4.78 is 4.55. The van der Waals surface area contributed by atoms with Crippen LogP contribution in [-0.2, 0) is 0 Å². The maximum atomic E-state index is 10.3. The molecule has 230 valence electrons. The van der Waals surface area contributed by atoms with Crippen LogP contribution in [0.3, 0.4) is 0 Å². The number of aromatic nitrogens is 2. The van der Waals surface area contributed by atoms with Crippen molar-refractivity contribution in [2.75, 3.05) is 0 Å². The second-order valence-corrected chi connectivity index (χ2v) is 12.4. The maximum absolute atomic E-state index is 10.3. The summed E-state index contributed by atoms with van der Waals surface area (Å²) in [5.74, 6) is 2.88. The normalized spacial score (nSPS) is 15.8. The van der Waals surface area contributed by atoms with Gasteiger partial charge in [-0.15, -0.1) is 6.42 Å². The van der Waals surface area contributed by atoms with Gasteiger partial charge in [0.15, 0.2) is 0 Å². The minimum atomic E-state index is -0.107. The van der Waals surface area contributed by atoms with E-state index in [0.29, 0.717) is 11.1 Å². The highest BCUT2D eigenvalue weighted by atomic mass is 15.0. The first kappa shape index (κ1) is 29.6. The van der Waals surface area contributed by atoms with Crippen molar-refractivity contribution in [3.05, 3.63) is 168 Å². The van der Waals surface area contributed by atoms with Gasteiger partial charge in [0.1, 0.15) is 0 Å². The van der Waals surface area contributed by atoms with E-state index in [2.05, 4.69) is 136 Å². The van der Waals surface area contributed by atoms with Gasteiger partial charge in [-0.25, -0.2) is 0 Å². The summed E-state index contributed by atoms with van der Waals surface area (Å²) in [4.78, 5) is 0. The smallest absolute Gasteiger partial charge is 0.0998 e. The van der Waals surface area contributed by atoms with Gasteiger partial charge in [-0.2, -0.15) is 10.5 Å². The molecule has 0 saturated heterocycles. The molecule has 8 rings (SSSR count). The van der Waals surface area contributed by atoms with Crippen molar-refractivity contribution in [1.82, 2.24) is 9.13 Å². The number of hydrogen-bond acceptors (Lipinski definition) is 2. The molecule has 0 bridgehead atoms. The molecule has 1 aliphatic carbocycles. The number of rotatable bonds is 5. The Balaban J connectivity index is 1.28. The Morgan fingerprint density at radius 1 is 0.735 bits per heavy atom. The first-order valence-corrected chi connectivity index (χ1v) is 16.3. The van der Waals surface area contributed by atoms with E-state index in [9.17, 15) is 10.5 Å². The third-order valence-corrected chi connectivity index (χ3v) is 9.57. The van der Waals surface area contributed by atoms with Crippen LogP contribution >= 0.6 is 0 Å². The molecule has 0 radical (unpaired) electrons. The van der Waals surface area contributed by atoms with Gasteiger partial charge in [0, 0.05) is 38.9 Å². The summed E-state index contributed by atoms with van der Waals surface area (Å²) in [5.41, 5.74) is 10.1. The van der Waals surface area contributed by atoms with Crippen molar-refractivity contribution in [3.63, 3.8) is 0 Å². The van der Waals surface area contributed by atoms with Crippen LogP contribution in [0.25, 0.3) is 55.6 Å². The molecular weight excluding hydrogens is 597 g/mol. The van der Waals surface area contributed by atoms with E-state index in [1.165, 1.54) is 10.8 Å². The lowest BCUT2D eigenvalue weighted by atomic mass is 9.85. The Hall–Kier alpha value is -6.80. The summed E-state index contributed by atoms with van der Waals surface area (Å²) in [6, 6.07) is 44.3. The average molecular weight is 627 g/mol. The van der Waals surface area contributed by atoms with E-state index >= 15 is 0 Å². The SMILES string of the molecule is C#Cc1c(/C=C(\C)C#N)n(C2C=CC=CC2c2cccc(-c3cc(-n4c5ccccc5c5ccccc54)ccc3C#N)c2)c2ccccc12. The summed E-state index contributed by atoms with van der Waals surface area (Å²) in [7, 11) is 0. The molecule has 0 saturated carbocycles. The fourth-order valence-electron chi connectivity index (χ4n) is 7.41. The number of hydrogen-bond donors (Lipinski definition) is 0. The van der Waals surface area contributed by atoms with Crippen LogP contribution in [0.4, 0.5) is 0 Å². The van der Waals surface area contributed by atoms with Crippen LogP contribution < -0.4 is 0 Å². The third-order valence-electron chi connectivity index (χ3n) is 9.57. The molecule has 5 aromatic carbocycles. The van der Waals surface area contributed by atoms with E-state index in [-0.39, 0.29) is 12.0 Å². The van der Waals surface area contributed by atoms with E-state index in [1.54, 1.807) is 6.92 Å². The summed E-state index contributed by atoms with van der Waals surface area (Å²) >= 11 is 0. The van der Waals surface area contributed by atoms with Gasteiger partial charge in [-0.3, -0.25) is 0 Å². The van der Waals surface area contributed by atoms with E-state index in [4.69, 9.17) is 6.42 Å². The van der Waals surface area contributed by atoms with Gasteiger partial charge < -0.3 is 9.13 Å². The first-order valence-electron chi connectivity index (χ1n) is 16.3. The van der Waals surface area contributed by atoms with Gasteiger partial charge in [-0.05, 0) is 60.5 Å². The zero-order valence-electron chi connectivity index (χ0n) is 26.9. The number of allylic oxidation sites excluding steroid dienone is 5. The molecule has 2 unspecified atom stereocenters. The Labute approximate surface area is 285 Å². The Bertz CT molecular complexity index is 2620. The van der Waals surface area contributed by atoms with Crippen LogP contribution in [0, 0.1) is 35.0 Å². The molecule has 0 fully saturated rings. The highest BCUT2D eigenvalue weighted by Crippen LogP contribution is 2.42. The van der Waals surface area contributed by atoms with E-state index in [0.717, 1.165) is 55.6 Å². The molecule has 49 heavy (non-hydrogen) atoms. The molecule has 2 aromatic heterocycles. The molecule has 0 spiro atoms. The summed E-state index contributed by atoms with van der Waals surface area (Å²) in [6.07, 6.45) is 16.6. The van der Waals surface area contributed by atoms with Crippen LogP contribution in [-0.4, -0.2) is 9.13 Å². The molecule has 0 N–H and O–H groups in total. The molecule has 1 aliphatic rings. The molecule has 0 aliphatic heterocycles. The zero-order valence-corrected chi connectivity index (χ0v) is 26.9. The van der Waals surface area contributed by atoms with Gasteiger partial charge in [0.2, 0.25) is 0 Å². The molecule has 7 aromatic rings. The zero-order chi connectivity index (χ0) is 33.5. The van der Waals surface area contributed by atoms with Crippen molar-refractivity contribution in [3.8, 4) is 41.3 Å². The van der Waals surface area contributed by atoms with Gasteiger partial charge in [0.05, 0.1) is 51.6 Å². The Morgan fingerprint density at radius 3 is 2.10 bits per heavy atom. The quantitative estimate of drug-likeness (QED) is 0.141. The Morgan fingerprint density at radius 2 is 1.41 bits per heavy atom. The van der Waals surface area contributed by atoms with Crippen molar-refractivity contribution >= 4 is 38.8 Å². The van der Waals surface area contributed by atoms with Gasteiger partial charge in [-0.1, -0.05) is 109 Å². The molecule has 4 nitrogen and oxygen atoms in total. The van der Waals surface area contributed by atoms with Crippen LogP contribution in [0.2, 0.25) is 0 Å². The molecule has 2 atom stereocenters. The number of fused-ring (bicyclic) bond motifs is 4. The largest absolute Gasteiger partial charge is 0.332 e. The number of benzene rings is 5. The second kappa shape index (κ2) is 12.1. The van der Waals surface area contributed by atoms with Crippen LogP contribution in [0.1, 0.15) is 41.3 Å². The summed E-state index contributed by atoms with van der Waals surface area (Å²) in [5, 5.41) is 23.4. The van der Waals surface area contributed by atoms with Crippen molar-refractivity contribution in [1.29, 1.82) is 10.5 Å². The second-order valence-electron chi connectivity index (χ2n) is 12.4. The lowest BCUT2D eigenvalue weighted by Gasteiger charge is -2.29. The number of terminal acetylenes is 1. The minimum Gasteiger partial charge on any atom is -0.332 e. The van der Waals surface area contributed by atoms with Crippen LogP contribution in [0.5, 0.6) is 0 Å². The standard InChI is InChI=1S/C45H30N4/c1-3-35-37-16-5-11-22-44(37)49(45(35)25-30(2)28-46)41-19-8-4-15-36(41)31-13-12-14-32(26-31)40-27-34(24-23-33(40)29-47)48-42-20-9-6-17-38(42)39-18-7-10-21-43(39)48/h1,4-27,36,41H,2H3/b30-25+. The number of para-hydroxylation sites is 3. The Kier molecular flexibility index (Phi) is 7.30.